The summed E-state index contributed by atoms with van der Waals surface area (Å²) in [7, 11) is 0. The molecule has 2 aromatic carbocycles. The Balaban J connectivity index is 1.75. The van der Waals surface area contributed by atoms with Gasteiger partial charge >= 0.3 is 0 Å². The molecule has 0 atom stereocenters. The highest BCUT2D eigenvalue weighted by molar-refractivity contribution is 5.58. The van der Waals surface area contributed by atoms with Gasteiger partial charge in [0.15, 0.2) is 0 Å². The number of rotatable bonds is 6. The Morgan fingerprint density at radius 3 is 2.54 bits per heavy atom. The molecule has 0 saturated carbocycles. The number of aryl methyl sites for hydroxylation is 2. The lowest BCUT2D eigenvalue weighted by Gasteiger charge is -2.09. The van der Waals surface area contributed by atoms with E-state index in [1.807, 2.05) is 63.2 Å². The third-order valence-corrected chi connectivity index (χ3v) is 4.02. The first-order valence-electron chi connectivity index (χ1n) is 8.57. The zero-order valence-electron chi connectivity index (χ0n) is 15.2. The molecule has 3 rings (SSSR count). The SMILES string of the molecule is CCOc1ccc(Cc2nnc(Nc3cc(C)ccc3C)[nH]c2=O)cc1. The highest BCUT2D eigenvalue weighted by Gasteiger charge is 2.08. The summed E-state index contributed by atoms with van der Waals surface area (Å²) in [6.45, 7) is 6.57. The molecule has 0 aliphatic rings. The number of hydrogen-bond acceptors (Lipinski definition) is 5. The Hall–Kier alpha value is -3.15. The normalized spacial score (nSPS) is 10.6. The lowest BCUT2D eigenvalue weighted by atomic mass is 10.1. The van der Waals surface area contributed by atoms with E-state index in [4.69, 9.17) is 4.74 Å². The van der Waals surface area contributed by atoms with E-state index in [9.17, 15) is 4.79 Å². The molecule has 1 aromatic heterocycles. The molecule has 0 spiro atoms. The summed E-state index contributed by atoms with van der Waals surface area (Å²) in [6, 6.07) is 13.7. The number of benzene rings is 2. The fourth-order valence-corrected chi connectivity index (χ4v) is 2.59. The molecule has 0 amide bonds. The largest absolute Gasteiger partial charge is 0.494 e. The molecule has 0 fully saturated rings. The number of nitrogens with one attached hydrogen (secondary N) is 2. The smallest absolute Gasteiger partial charge is 0.274 e. The van der Waals surface area contributed by atoms with Crippen molar-refractivity contribution in [1.29, 1.82) is 0 Å². The summed E-state index contributed by atoms with van der Waals surface area (Å²) < 4.78 is 5.42. The third-order valence-electron chi connectivity index (χ3n) is 4.02. The highest BCUT2D eigenvalue weighted by Crippen LogP contribution is 2.19. The molecule has 0 saturated heterocycles. The molecule has 6 heteroatoms. The average molecular weight is 350 g/mol. The van der Waals surface area contributed by atoms with Crippen LogP contribution in [-0.4, -0.2) is 21.8 Å². The van der Waals surface area contributed by atoms with Gasteiger partial charge in [0.2, 0.25) is 5.95 Å². The van der Waals surface area contributed by atoms with Crippen molar-refractivity contribution in [1.82, 2.24) is 15.2 Å². The summed E-state index contributed by atoms with van der Waals surface area (Å²) in [4.78, 5) is 15.1. The zero-order valence-corrected chi connectivity index (χ0v) is 15.2. The van der Waals surface area contributed by atoms with Gasteiger partial charge in [-0.3, -0.25) is 9.78 Å². The molecule has 26 heavy (non-hydrogen) atoms. The number of aromatic amines is 1. The molecule has 1 heterocycles. The number of nitrogens with zero attached hydrogens (tertiary/aromatic N) is 2. The summed E-state index contributed by atoms with van der Waals surface area (Å²) >= 11 is 0. The Kier molecular flexibility index (Phi) is 5.31. The summed E-state index contributed by atoms with van der Waals surface area (Å²) in [5, 5.41) is 11.3. The maximum Gasteiger partial charge on any atom is 0.274 e. The van der Waals surface area contributed by atoms with Crippen molar-refractivity contribution in [2.75, 3.05) is 11.9 Å². The maximum absolute atomic E-state index is 12.3. The first-order valence-corrected chi connectivity index (χ1v) is 8.57. The number of ether oxygens (including phenoxy) is 1. The predicted octanol–water partition coefficient (Wildman–Crippen LogP) is 3.51. The third kappa shape index (κ3) is 4.27. The van der Waals surface area contributed by atoms with Gasteiger partial charge in [0.05, 0.1) is 6.61 Å². The van der Waals surface area contributed by atoms with Crippen LogP contribution in [-0.2, 0) is 6.42 Å². The molecule has 3 aromatic rings. The van der Waals surface area contributed by atoms with E-state index < -0.39 is 0 Å². The van der Waals surface area contributed by atoms with Gasteiger partial charge in [-0.05, 0) is 55.7 Å². The molecular weight excluding hydrogens is 328 g/mol. The van der Waals surface area contributed by atoms with Crippen LogP contribution < -0.4 is 15.6 Å². The molecule has 134 valence electrons. The van der Waals surface area contributed by atoms with E-state index in [0.717, 1.165) is 28.1 Å². The van der Waals surface area contributed by atoms with Gasteiger partial charge in [-0.1, -0.05) is 24.3 Å². The van der Waals surface area contributed by atoms with E-state index in [1.54, 1.807) is 0 Å². The van der Waals surface area contributed by atoms with Crippen molar-refractivity contribution in [2.45, 2.75) is 27.2 Å². The van der Waals surface area contributed by atoms with Crippen molar-refractivity contribution in [3.05, 3.63) is 75.2 Å². The monoisotopic (exact) mass is 350 g/mol. The first-order chi connectivity index (χ1) is 12.5. The Morgan fingerprint density at radius 2 is 1.85 bits per heavy atom. The van der Waals surface area contributed by atoms with Gasteiger partial charge in [-0.2, -0.15) is 0 Å². The van der Waals surface area contributed by atoms with E-state index in [0.29, 0.717) is 24.7 Å². The molecule has 6 nitrogen and oxygen atoms in total. The topological polar surface area (TPSA) is 79.9 Å². The minimum absolute atomic E-state index is 0.248. The van der Waals surface area contributed by atoms with Crippen LogP contribution in [0, 0.1) is 13.8 Å². The second kappa shape index (κ2) is 7.82. The van der Waals surface area contributed by atoms with Crippen LogP contribution in [0.5, 0.6) is 5.75 Å². The van der Waals surface area contributed by atoms with E-state index >= 15 is 0 Å². The van der Waals surface area contributed by atoms with Crippen molar-refractivity contribution in [2.24, 2.45) is 0 Å². The predicted molar refractivity (Wildman–Crippen MR) is 102 cm³/mol. The molecule has 2 N–H and O–H groups in total. The lowest BCUT2D eigenvalue weighted by Crippen LogP contribution is -2.19. The van der Waals surface area contributed by atoms with Crippen molar-refractivity contribution in [3.8, 4) is 5.75 Å². The fourth-order valence-electron chi connectivity index (χ4n) is 2.59. The van der Waals surface area contributed by atoms with Crippen molar-refractivity contribution >= 4 is 11.6 Å². The van der Waals surface area contributed by atoms with Gasteiger partial charge in [-0.25, -0.2) is 0 Å². The number of H-pyrrole nitrogens is 1. The summed E-state index contributed by atoms with van der Waals surface area (Å²) in [5.74, 6) is 1.14. The van der Waals surface area contributed by atoms with Gasteiger partial charge in [0.25, 0.3) is 5.56 Å². The molecule has 0 aliphatic heterocycles. The average Bonchev–Trinajstić information content (AvgIpc) is 2.62. The van der Waals surface area contributed by atoms with Crippen molar-refractivity contribution < 1.29 is 4.74 Å². The molecule has 0 aliphatic carbocycles. The first kappa shape index (κ1) is 17.7. The molecule has 0 radical (unpaired) electrons. The minimum atomic E-state index is -0.248. The van der Waals surface area contributed by atoms with Crippen LogP contribution in [0.3, 0.4) is 0 Å². The maximum atomic E-state index is 12.3. The van der Waals surface area contributed by atoms with E-state index in [-0.39, 0.29) is 5.56 Å². The second-order valence-corrected chi connectivity index (χ2v) is 6.15. The molecule has 0 unspecified atom stereocenters. The molecule has 0 bridgehead atoms. The quantitative estimate of drug-likeness (QED) is 0.711. The van der Waals surface area contributed by atoms with Crippen LogP contribution in [0.2, 0.25) is 0 Å². The highest BCUT2D eigenvalue weighted by atomic mass is 16.5. The van der Waals surface area contributed by atoms with Gasteiger partial charge in [0.1, 0.15) is 11.4 Å². The van der Waals surface area contributed by atoms with Crippen LogP contribution in [0.4, 0.5) is 11.6 Å². The van der Waals surface area contributed by atoms with Crippen LogP contribution in [0.15, 0.2) is 47.3 Å². The second-order valence-electron chi connectivity index (χ2n) is 6.15. The van der Waals surface area contributed by atoms with Crippen molar-refractivity contribution in [3.63, 3.8) is 0 Å². The number of hydrogen-bond donors (Lipinski definition) is 2. The minimum Gasteiger partial charge on any atom is -0.494 e. The Bertz CT molecular complexity index is 949. The van der Waals surface area contributed by atoms with Gasteiger partial charge < -0.3 is 10.1 Å². The van der Waals surface area contributed by atoms with Gasteiger partial charge in [0, 0.05) is 12.1 Å². The standard InChI is InChI=1S/C20H22N4O2/c1-4-26-16-9-7-15(8-10-16)12-18-19(25)22-20(24-23-18)21-17-11-13(2)5-6-14(17)3/h5-11H,4,12H2,1-3H3,(H2,21,22,24,25). The molecular formula is C20H22N4O2. The number of aromatic nitrogens is 3. The zero-order chi connectivity index (χ0) is 18.5. The summed E-state index contributed by atoms with van der Waals surface area (Å²) in [6.07, 6.45) is 0.415. The van der Waals surface area contributed by atoms with Crippen LogP contribution in [0.1, 0.15) is 29.3 Å². The Labute approximate surface area is 152 Å². The number of anilines is 2. The van der Waals surface area contributed by atoms with Crippen LogP contribution in [0.25, 0.3) is 0 Å². The fraction of sp³-hybridized carbons (Fsp3) is 0.250. The van der Waals surface area contributed by atoms with E-state index in [2.05, 4.69) is 20.5 Å². The lowest BCUT2D eigenvalue weighted by molar-refractivity contribution is 0.340. The van der Waals surface area contributed by atoms with Gasteiger partial charge in [-0.15, -0.1) is 10.2 Å². The van der Waals surface area contributed by atoms with E-state index in [1.165, 1.54) is 0 Å². The van der Waals surface area contributed by atoms with Crippen LogP contribution >= 0.6 is 0 Å². The Morgan fingerprint density at radius 1 is 1.08 bits per heavy atom. The summed E-state index contributed by atoms with van der Waals surface area (Å²) in [5.41, 5.74) is 4.19.